The predicted octanol–water partition coefficient (Wildman–Crippen LogP) is 6.17. The molecule has 0 aliphatic heterocycles. The molecule has 25 heavy (non-hydrogen) atoms. The number of anilines is 1. The largest absolute Gasteiger partial charge is 0.359 e. The number of aryl methyl sites for hydroxylation is 2. The van der Waals surface area contributed by atoms with Gasteiger partial charge in [-0.15, -0.1) is 11.3 Å². The highest BCUT2D eigenvalue weighted by Gasteiger charge is 2.09. The Morgan fingerprint density at radius 1 is 1.16 bits per heavy atom. The van der Waals surface area contributed by atoms with Crippen LogP contribution in [0, 0.1) is 25.2 Å². The van der Waals surface area contributed by atoms with E-state index in [0.29, 0.717) is 10.6 Å². The fourth-order valence-electron chi connectivity index (χ4n) is 2.28. The van der Waals surface area contributed by atoms with Crippen molar-refractivity contribution in [2.75, 3.05) is 5.32 Å². The summed E-state index contributed by atoms with van der Waals surface area (Å²) in [5.74, 6) is 0. The Bertz CT molecular complexity index is 965. The zero-order valence-electron chi connectivity index (χ0n) is 13.9. The van der Waals surface area contributed by atoms with Crippen LogP contribution in [0.4, 0.5) is 5.69 Å². The molecule has 3 aromatic rings. The van der Waals surface area contributed by atoms with Crippen molar-refractivity contribution in [2.45, 2.75) is 13.8 Å². The van der Waals surface area contributed by atoms with Gasteiger partial charge in [0.1, 0.15) is 16.6 Å². The second-order valence-corrected chi connectivity index (χ2v) is 7.41. The molecule has 124 valence electrons. The van der Waals surface area contributed by atoms with Crippen LogP contribution in [-0.2, 0) is 0 Å². The number of nitrogens with one attached hydrogen (secondary N) is 1. The van der Waals surface area contributed by atoms with Gasteiger partial charge in [-0.3, -0.25) is 0 Å². The average molecular weight is 410 g/mol. The molecular formula is C20H16BrN3S. The van der Waals surface area contributed by atoms with Gasteiger partial charge >= 0.3 is 0 Å². The third-order valence-electron chi connectivity index (χ3n) is 3.70. The van der Waals surface area contributed by atoms with Crippen molar-refractivity contribution < 1.29 is 0 Å². The Balaban J connectivity index is 1.84. The molecule has 0 atom stereocenters. The molecule has 0 unspecified atom stereocenters. The number of aromatic nitrogens is 1. The maximum Gasteiger partial charge on any atom is 0.136 e. The van der Waals surface area contributed by atoms with Gasteiger partial charge in [-0.05, 0) is 47.5 Å². The summed E-state index contributed by atoms with van der Waals surface area (Å²) in [4.78, 5) is 4.61. The highest BCUT2D eigenvalue weighted by atomic mass is 79.9. The van der Waals surface area contributed by atoms with Crippen LogP contribution >= 0.6 is 27.3 Å². The number of hydrogen-bond acceptors (Lipinski definition) is 4. The van der Waals surface area contributed by atoms with Crippen LogP contribution < -0.4 is 5.32 Å². The molecule has 0 radical (unpaired) electrons. The Kier molecular flexibility index (Phi) is 5.32. The van der Waals surface area contributed by atoms with E-state index in [1.54, 1.807) is 6.20 Å². The second kappa shape index (κ2) is 7.64. The molecule has 3 rings (SSSR count). The van der Waals surface area contributed by atoms with E-state index in [1.807, 2.05) is 42.6 Å². The minimum absolute atomic E-state index is 0.510. The molecule has 1 aromatic heterocycles. The number of halogens is 1. The molecule has 0 spiro atoms. The molecule has 1 N–H and O–H groups in total. The summed E-state index contributed by atoms with van der Waals surface area (Å²) < 4.78 is 0.959. The fraction of sp³-hybridized carbons (Fsp3) is 0.100. The lowest BCUT2D eigenvalue weighted by atomic mass is 10.1. The Morgan fingerprint density at radius 3 is 2.56 bits per heavy atom. The van der Waals surface area contributed by atoms with Gasteiger partial charge < -0.3 is 5.32 Å². The lowest BCUT2D eigenvalue weighted by Crippen LogP contribution is -1.92. The first-order valence-electron chi connectivity index (χ1n) is 7.73. The monoisotopic (exact) mass is 409 g/mol. The smallest absolute Gasteiger partial charge is 0.136 e. The highest BCUT2D eigenvalue weighted by molar-refractivity contribution is 9.10. The average Bonchev–Trinajstić information content (AvgIpc) is 3.07. The zero-order valence-corrected chi connectivity index (χ0v) is 16.3. The van der Waals surface area contributed by atoms with E-state index in [2.05, 4.69) is 51.4 Å². The number of allylic oxidation sites excluding steroid dienone is 1. The molecule has 0 amide bonds. The summed E-state index contributed by atoms with van der Waals surface area (Å²) in [6, 6.07) is 16.5. The summed E-state index contributed by atoms with van der Waals surface area (Å²) >= 11 is 5.00. The van der Waals surface area contributed by atoms with Crippen LogP contribution in [0.5, 0.6) is 0 Å². The van der Waals surface area contributed by atoms with Crippen molar-refractivity contribution in [1.82, 2.24) is 4.98 Å². The lowest BCUT2D eigenvalue weighted by Gasteiger charge is -2.05. The number of rotatable bonds is 4. The van der Waals surface area contributed by atoms with Crippen molar-refractivity contribution in [1.29, 1.82) is 5.26 Å². The van der Waals surface area contributed by atoms with Crippen LogP contribution in [0.25, 0.3) is 16.8 Å². The molecule has 1 heterocycles. The summed E-state index contributed by atoms with van der Waals surface area (Å²) in [5, 5.41) is 15.3. The van der Waals surface area contributed by atoms with Gasteiger partial charge in [0.2, 0.25) is 0 Å². The second-order valence-electron chi connectivity index (χ2n) is 5.70. The van der Waals surface area contributed by atoms with E-state index in [9.17, 15) is 5.26 Å². The number of nitriles is 1. The molecule has 3 nitrogen and oxygen atoms in total. The van der Waals surface area contributed by atoms with E-state index >= 15 is 0 Å². The van der Waals surface area contributed by atoms with Gasteiger partial charge in [-0.2, -0.15) is 5.26 Å². The molecular weight excluding hydrogens is 394 g/mol. The normalized spacial score (nSPS) is 11.2. The molecule has 0 aliphatic rings. The van der Waals surface area contributed by atoms with Gasteiger partial charge in [0.05, 0.1) is 11.4 Å². The van der Waals surface area contributed by atoms with E-state index in [-0.39, 0.29) is 0 Å². The first-order chi connectivity index (χ1) is 12.1. The highest BCUT2D eigenvalue weighted by Crippen LogP contribution is 2.27. The molecule has 0 saturated heterocycles. The minimum Gasteiger partial charge on any atom is -0.359 e. The van der Waals surface area contributed by atoms with E-state index in [4.69, 9.17) is 0 Å². The number of nitrogens with zero attached hydrogens (tertiary/aromatic N) is 2. The maximum atomic E-state index is 9.48. The third-order valence-corrected chi connectivity index (χ3v) is 5.23. The van der Waals surface area contributed by atoms with Crippen molar-refractivity contribution >= 4 is 38.5 Å². The standard InChI is InChI=1S/C20H16BrN3S/c1-13-3-6-15(7-4-13)19-12-25-20(24-19)16(10-22)11-23-18-8-5-14(2)9-17(18)21/h3-9,11-12,23H,1-2H3/b16-11+. The lowest BCUT2D eigenvalue weighted by molar-refractivity contribution is 1.35. The van der Waals surface area contributed by atoms with E-state index < -0.39 is 0 Å². The SMILES string of the molecule is Cc1ccc(-c2csc(/C(C#N)=C/Nc3ccc(C)cc3Br)n2)cc1. The van der Waals surface area contributed by atoms with E-state index in [0.717, 1.165) is 21.4 Å². The molecule has 0 bridgehead atoms. The maximum absolute atomic E-state index is 9.48. The van der Waals surface area contributed by atoms with Gasteiger partial charge in [-0.1, -0.05) is 35.9 Å². The van der Waals surface area contributed by atoms with Crippen LogP contribution in [0.1, 0.15) is 16.1 Å². The molecule has 0 saturated carbocycles. The van der Waals surface area contributed by atoms with Crippen molar-refractivity contribution in [3.8, 4) is 17.3 Å². The van der Waals surface area contributed by atoms with Gasteiger partial charge in [0, 0.05) is 21.6 Å². The summed E-state index contributed by atoms with van der Waals surface area (Å²) in [6.45, 7) is 4.09. The van der Waals surface area contributed by atoms with Crippen molar-refractivity contribution in [3.05, 3.63) is 74.7 Å². The zero-order chi connectivity index (χ0) is 17.8. The van der Waals surface area contributed by atoms with Crippen LogP contribution in [0.15, 0.2) is 58.5 Å². The predicted molar refractivity (Wildman–Crippen MR) is 108 cm³/mol. The number of thiazole rings is 1. The van der Waals surface area contributed by atoms with Gasteiger partial charge in [0.25, 0.3) is 0 Å². The van der Waals surface area contributed by atoms with Crippen molar-refractivity contribution in [2.24, 2.45) is 0 Å². The Labute approximate surface area is 159 Å². The third kappa shape index (κ3) is 4.16. The Hall–Kier alpha value is -2.42. The van der Waals surface area contributed by atoms with Crippen LogP contribution in [0.3, 0.4) is 0 Å². The molecule has 5 heteroatoms. The van der Waals surface area contributed by atoms with E-state index in [1.165, 1.54) is 22.5 Å². The molecule has 0 fully saturated rings. The first-order valence-corrected chi connectivity index (χ1v) is 9.40. The Morgan fingerprint density at radius 2 is 1.88 bits per heavy atom. The summed E-state index contributed by atoms with van der Waals surface area (Å²) in [6.07, 6.45) is 1.70. The summed E-state index contributed by atoms with van der Waals surface area (Å²) in [5.41, 5.74) is 5.75. The number of hydrogen-bond donors (Lipinski definition) is 1. The summed E-state index contributed by atoms with van der Waals surface area (Å²) in [7, 11) is 0. The quantitative estimate of drug-likeness (QED) is 0.524. The first kappa shape index (κ1) is 17.4. The molecule has 0 aliphatic carbocycles. The minimum atomic E-state index is 0.510. The van der Waals surface area contributed by atoms with Crippen LogP contribution in [0.2, 0.25) is 0 Å². The van der Waals surface area contributed by atoms with Gasteiger partial charge in [0.15, 0.2) is 0 Å². The topological polar surface area (TPSA) is 48.7 Å². The van der Waals surface area contributed by atoms with Gasteiger partial charge in [-0.25, -0.2) is 4.98 Å². The molecule has 2 aromatic carbocycles. The van der Waals surface area contributed by atoms with Crippen molar-refractivity contribution in [3.63, 3.8) is 0 Å². The fourth-order valence-corrected chi connectivity index (χ4v) is 3.69. The number of benzene rings is 2. The van der Waals surface area contributed by atoms with Crippen LogP contribution in [-0.4, -0.2) is 4.98 Å².